The molecule has 1 saturated carbocycles. The normalized spacial score (nSPS) is 22.5. The van der Waals surface area contributed by atoms with Gasteiger partial charge in [0.15, 0.2) is 5.82 Å². The molecule has 1 amide bonds. The van der Waals surface area contributed by atoms with Gasteiger partial charge in [-0.05, 0) is 26.8 Å². The van der Waals surface area contributed by atoms with Crippen LogP contribution in [0.15, 0.2) is 10.7 Å². The Balaban J connectivity index is 1.54. The summed E-state index contributed by atoms with van der Waals surface area (Å²) < 4.78 is 5.31. The van der Waals surface area contributed by atoms with Gasteiger partial charge in [-0.15, -0.1) is 0 Å². The van der Waals surface area contributed by atoms with Gasteiger partial charge < -0.3 is 9.42 Å². The van der Waals surface area contributed by atoms with E-state index in [-0.39, 0.29) is 11.9 Å². The molecule has 1 aliphatic heterocycles. The molecule has 1 saturated heterocycles. The van der Waals surface area contributed by atoms with Gasteiger partial charge in [0, 0.05) is 25.6 Å². The maximum absolute atomic E-state index is 12.9. The lowest BCUT2D eigenvalue weighted by atomic mass is 10.1. The van der Waals surface area contributed by atoms with Crippen molar-refractivity contribution in [3.8, 4) is 0 Å². The van der Waals surface area contributed by atoms with E-state index in [9.17, 15) is 4.79 Å². The second-order valence-corrected chi connectivity index (χ2v) is 6.40. The number of hydrogen-bond acceptors (Lipinski definition) is 6. The van der Waals surface area contributed by atoms with Gasteiger partial charge in [0.25, 0.3) is 5.91 Å². The summed E-state index contributed by atoms with van der Waals surface area (Å²) in [4.78, 5) is 21.2. The summed E-state index contributed by atoms with van der Waals surface area (Å²) >= 11 is 0. The Morgan fingerprint density at radius 1 is 1.39 bits per heavy atom. The molecular weight excluding hydrogens is 296 g/mol. The van der Waals surface area contributed by atoms with Crippen LogP contribution in [0.2, 0.25) is 0 Å². The van der Waals surface area contributed by atoms with Crippen molar-refractivity contribution in [2.24, 2.45) is 0 Å². The van der Waals surface area contributed by atoms with Crippen molar-refractivity contribution >= 4 is 5.91 Å². The first-order chi connectivity index (χ1) is 11.1. The highest BCUT2D eigenvalue weighted by molar-refractivity contribution is 5.95. The molecule has 122 valence electrons. The van der Waals surface area contributed by atoms with E-state index in [0.717, 1.165) is 25.1 Å². The molecule has 3 heterocycles. The number of H-pyrrole nitrogens is 1. The van der Waals surface area contributed by atoms with Crippen LogP contribution < -0.4 is 0 Å². The van der Waals surface area contributed by atoms with Crippen LogP contribution in [0.1, 0.15) is 52.6 Å². The van der Waals surface area contributed by atoms with Crippen LogP contribution in [0.4, 0.5) is 0 Å². The SMILES string of the molecule is Cc1noc([C@@H]2CN(C(=O)c3cn[nH]c3C3CC3)CCN2C)n1. The third kappa shape index (κ3) is 2.63. The third-order valence-corrected chi connectivity index (χ3v) is 4.65. The van der Waals surface area contributed by atoms with Crippen LogP contribution in [-0.4, -0.2) is 62.7 Å². The predicted molar refractivity (Wildman–Crippen MR) is 80.9 cm³/mol. The topological polar surface area (TPSA) is 91.2 Å². The van der Waals surface area contributed by atoms with E-state index in [1.807, 2.05) is 11.9 Å². The molecule has 1 atom stereocenters. The number of carbonyl (C=O) groups excluding carboxylic acids is 1. The molecule has 4 rings (SSSR count). The summed E-state index contributed by atoms with van der Waals surface area (Å²) in [6, 6.07) is -0.0647. The van der Waals surface area contributed by atoms with Gasteiger partial charge in [-0.2, -0.15) is 10.1 Å². The minimum absolute atomic E-state index is 0.0370. The molecule has 0 radical (unpaired) electrons. The second kappa shape index (κ2) is 5.45. The van der Waals surface area contributed by atoms with E-state index >= 15 is 0 Å². The van der Waals surface area contributed by atoms with Crippen molar-refractivity contribution in [3.05, 3.63) is 29.2 Å². The van der Waals surface area contributed by atoms with Crippen LogP contribution in [0, 0.1) is 6.92 Å². The van der Waals surface area contributed by atoms with Crippen molar-refractivity contribution in [2.75, 3.05) is 26.7 Å². The summed E-state index contributed by atoms with van der Waals surface area (Å²) in [6.07, 6.45) is 3.92. The van der Waals surface area contributed by atoms with Crippen LogP contribution in [0.25, 0.3) is 0 Å². The lowest BCUT2D eigenvalue weighted by molar-refractivity contribution is 0.0488. The van der Waals surface area contributed by atoms with E-state index in [4.69, 9.17) is 4.52 Å². The van der Waals surface area contributed by atoms with E-state index < -0.39 is 0 Å². The fourth-order valence-electron chi connectivity index (χ4n) is 3.09. The number of rotatable bonds is 3. The van der Waals surface area contributed by atoms with Gasteiger partial charge in [0.2, 0.25) is 5.89 Å². The summed E-state index contributed by atoms with van der Waals surface area (Å²) in [5, 5.41) is 10.9. The molecular formula is C15H20N6O2. The zero-order valence-corrected chi connectivity index (χ0v) is 13.3. The van der Waals surface area contributed by atoms with Crippen LogP contribution in [-0.2, 0) is 0 Å². The molecule has 1 aliphatic carbocycles. The largest absolute Gasteiger partial charge is 0.338 e. The fraction of sp³-hybridized carbons (Fsp3) is 0.600. The summed E-state index contributed by atoms with van der Waals surface area (Å²) in [5.74, 6) is 1.69. The van der Waals surface area contributed by atoms with Crippen molar-refractivity contribution in [3.63, 3.8) is 0 Å². The Kier molecular flexibility index (Phi) is 3.41. The highest BCUT2D eigenvalue weighted by Gasteiger charge is 2.35. The van der Waals surface area contributed by atoms with Gasteiger partial charge in [0.05, 0.1) is 17.5 Å². The van der Waals surface area contributed by atoms with E-state index in [2.05, 4.69) is 25.2 Å². The first-order valence-electron chi connectivity index (χ1n) is 7.96. The Labute approximate surface area is 133 Å². The number of aromatic amines is 1. The Morgan fingerprint density at radius 3 is 2.91 bits per heavy atom. The first kappa shape index (κ1) is 14.4. The maximum atomic E-state index is 12.9. The number of aryl methyl sites for hydroxylation is 1. The minimum atomic E-state index is -0.0647. The van der Waals surface area contributed by atoms with Crippen LogP contribution in [0.5, 0.6) is 0 Å². The van der Waals surface area contributed by atoms with Crippen LogP contribution >= 0.6 is 0 Å². The standard InChI is InChI=1S/C15H20N6O2/c1-9-17-14(23-19-9)12-8-21(6-5-20(12)2)15(22)11-7-16-18-13(11)10-3-4-10/h7,10,12H,3-6,8H2,1-2H3,(H,16,18)/t12-/m0/s1. The lowest BCUT2D eigenvalue weighted by Gasteiger charge is -2.37. The van der Waals surface area contributed by atoms with Crippen molar-refractivity contribution in [1.82, 2.24) is 30.1 Å². The number of piperazine rings is 1. The van der Waals surface area contributed by atoms with E-state index in [1.165, 1.54) is 0 Å². The number of carbonyl (C=O) groups is 1. The van der Waals surface area contributed by atoms with Crippen LogP contribution in [0.3, 0.4) is 0 Å². The molecule has 8 heteroatoms. The molecule has 2 fully saturated rings. The fourth-order valence-corrected chi connectivity index (χ4v) is 3.09. The van der Waals surface area contributed by atoms with Gasteiger partial charge in [-0.25, -0.2) is 0 Å². The van der Waals surface area contributed by atoms with Gasteiger partial charge in [0.1, 0.15) is 6.04 Å². The number of hydrogen-bond donors (Lipinski definition) is 1. The predicted octanol–water partition coefficient (Wildman–Crippen LogP) is 1.11. The number of amides is 1. The highest BCUT2D eigenvalue weighted by Crippen LogP contribution is 2.40. The van der Waals surface area contributed by atoms with Gasteiger partial charge in [-0.3, -0.25) is 14.8 Å². The molecule has 2 aliphatic rings. The lowest BCUT2D eigenvalue weighted by Crippen LogP contribution is -2.49. The second-order valence-electron chi connectivity index (χ2n) is 6.40. The molecule has 1 N–H and O–H groups in total. The number of aromatic nitrogens is 4. The number of likely N-dealkylation sites (N-methyl/N-ethyl adjacent to an activating group) is 1. The molecule has 0 unspecified atom stereocenters. The monoisotopic (exact) mass is 316 g/mol. The zero-order valence-electron chi connectivity index (χ0n) is 13.3. The third-order valence-electron chi connectivity index (χ3n) is 4.65. The minimum Gasteiger partial charge on any atom is -0.338 e. The molecule has 23 heavy (non-hydrogen) atoms. The summed E-state index contributed by atoms with van der Waals surface area (Å²) in [7, 11) is 2.01. The number of nitrogens with one attached hydrogen (secondary N) is 1. The Hall–Kier alpha value is -2.22. The smallest absolute Gasteiger partial charge is 0.257 e. The maximum Gasteiger partial charge on any atom is 0.257 e. The molecule has 0 spiro atoms. The summed E-state index contributed by atoms with van der Waals surface area (Å²) in [5.41, 5.74) is 1.69. The number of nitrogens with zero attached hydrogens (tertiary/aromatic N) is 5. The van der Waals surface area contributed by atoms with E-state index in [0.29, 0.717) is 36.3 Å². The Bertz CT molecular complexity index is 719. The summed E-state index contributed by atoms with van der Waals surface area (Å²) in [6.45, 7) is 3.81. The van der Waals surface area contributed by atoms with Crippen molar-refractivity contribution in [2.45, 2.75) is 31.7 Å². The quantitative estimate of drug-likeness (QED) is 0.912. The molecule has 8 nitrogen and oxygen atoms in total. The van der Waals surface area contributed by atoms with Crippen molar-refractivity contribution < 1.29 is 9.32 Å². The molecule has 2 aromatic heterocycles. The first-order valence-corrected chi connectivity index (χ1v) is 7.96. The van der Waals surface area contributed by atoms with E-state index in [1.54, 1.807) is 13.1 Å². The highest BCUT2D eigenvalue weighted by atomic mass is 16.5. The average Bonchev–Trinajstić information content (AvgIpc) is 3.11. The molecule has 2 aromatic rings. The molecule has 0 aromatic carbocycles. The van der Waals surface area contributed by atoms with Gasteiger partial charge >= 0.3 is 0 Å². The zero-order chi connectivity index (χ0) is 16.0. The average molecular weight is 316 g/mol. The molecule has 0 bridgehead atoms. The van der Waals surface area contributed by atoms with Gasteiger partial charge in [-0.1, -0.05) is 5.16 Å². The Morgan fingerprint density at radius 2 is 2.22 bits per heavy atom. The van der Waals surface area contributed by atoms with Crippen molar-refractivity contribution in [1.29, 1.82) is 0 Å².